The molecule has 1 aliphatic rings. The standard InChI is InChI=1S/C13H19NO.ClH/c1-14-9-7-12(8-10-14)11-3-5-13(15-2)6-4-11;/h3-6,12H,7-10H2,1-2H3;1H. The SMILES string of the molecule is COc1ccc(C2CCN(C)CC2)cc1.Cl. The van der Waals surface area contributed by atoms with E-state index in [0.29, 0.717) is 0 Å². The van der Waals surface area contributed by atoms with Gasteiger partial charge in [0.1, 0.15) is 5.75 Å². The second-order valence-corrected chi connectivity index (χ2v) is 4.35. The Morgan fingerprint density at radius 1 is 1.12 bits per heavy atom. The monoisotopic (exact) mass is 241 g/mol. The number of piperidine rings is 1. The molecule has 1 fully saturated rings. The van der Waals surface area contributed by atoms with E-state index in [2.05, 4.69) is 36.2 Å². The molecule has 3 heteroatoms. The van der Waals surface area contributed by atoms with Gasteiger partial charge in [-0.3, -0.25) is 0 Å². The molecule has 16 heavy (non-hydrogen) atoms. The van der Waals surface area contributed by atoms with E-state index in [0.717, 1.165) is 11.7 Å². The summed E-state index contributed by atoms with van der Waals surface area (Å²) in [7, 11) is 3.91. The number of likely N-dealkylation sites (tertiary alicyclic amines) is 1. The van der Waals surface area contributed by atoms with Crippen molar-refractivity contribution in [1.82, 2.24) is 4.90 Å². The zero-order chi connectivity index (χ0) is 10.7. The molecule has 90 valence electrons. The first-order valence-corrected chi connectivity index (χ1v) is 5.62. The quantitative estimate of drug-likeness (QED) is 0.790. The number of hydrogen-bond acceptors (Lipinski definition) is 2. The maximum absolute atomic E-state index is 5.17. The predicted molar refractivity (Wildman–Crippen MR) is 69.7 cm³/mol. The van der Waals surface area contributed by atoms with E-state index in [1.807, 2.05) is 0 Å². The van der Waals surface area contributed by atoms with Crippen molar-refractivity contribution in [2.24, 2.45) is 0 Å². The van der Waals surface area contributed by atoms with Crippen molar-refractivity contribution >= 4 is 12.4 Å². The number of nitrogens with zero attached hydrogens (tertiary/aromatic N) is 1. The van der Waals surface area contributed by atoms with Crippen LogP contribution >= 0.6 is 12.4 Å². The summed E-state index contributed by atoms with van der Waals surface area (Å²) in [6.45, 7) is 2.44. The highest BCUT2D eigenvalue weighted by Gasteiger charge is 2.17. The summed E-state index contributed by atoms with van der Waals surface area (Å²) in [6, 6.07) is 8.53. The molecule has 0 bridgehead atoms. The fourth-order valence-electron chi connectivity index (χ4n) is 2.22. The number of ether oxygens (including phenoxy) is 1. The van der Waals surface area contributed by atoms with Crippen LogP contribution in [0.1, 0.15) is 24.3 Å². The topological polar surface area (TPSA) is 12.5 Å². The lowest BCUT2D eigenvalue weighted by Crippen LogP contribution is -2.29. The molecule has 0 unspecified atom stereocenters. The lowest BCUT2D eigenvalue weighted by atomic mass is 9.90. The van der Waals surface area contributed by atoms with Gasteiger partial charge in [0.05, 0.1) is 7.11 Å². The minimum atomic E-state index is 0. The summed E-state index contributed by atoms with van der Waals surface area (Å²) in [4.78, 5) is 2.40. The fraction of sp³-hybridized carbons (Fsp3) is 0.538. The fourth-order valence-corrected chi connectivity index (χ4v) is 2.22. The number of methoxy groups -OCH3 is 1. The number of rotatable bonds is 2. The van der Waals surface area contributed by atoms with Crippen molar-refractivity contribution in [2.45, 2.75) is 18.8 Å². The molecule has 1 aliphatic heterocycles. The van der Waals surface area contributed by atoms with Gasteiger partial charge in [-0.25, -0.2) is 0 Å². The Morgan fingerprint density at radius 2 is 1.69 bits per heavy atom. The highest BCUT2D eigenvalue weighted by atomic mass is 35.5. The predicted octanol–water partition coefficient (Wildman–Crippen LogP) is 2.93. The summed E-state index contributed by atoms with van der Waals surface area (Å²) < 4.78 is 5.17. The van der Waals surface area contributed by atoms with E-state index in [4.69, 9.17) is 4.74 Å². The number of benzene rings is 1. The average Bonchev–Trinajstić information content (AvgIpc) is 2.30. The van der Waals surface area contributed by atoms with Gasteiger partial charge in [0, 0.05) is 0 Å². The van der Waals surface area contributed by atoms with Gasteiger partial charge in [-0.1, -0.05) is 12.1 Å². The molecule has 2 nitrogen and oxygen atoms in total. The van der Waals surface area contributed by atoms with Gasteiger partial charge in [-0.2, -0.15) is 0 Å². The maximum atomic E-state index is 5.17. The van der Waals surface area contributed by atoms with Crippen LogP contribution < -0.4 is 4.74 Å². The number of hydrogen-bond donors (Lipinski definition) is 0. The van der Waals surface area contributed by atoms with E-state index in [-0.39, 0.29) is 12.4 Å². The maximum Gasteiger partial charge on any atom is 0.118 e. The van der Waals surface area contributed by atoms with Crippen LogP contribution in [0.2, 0.25) is 0 Å². The molecule has 0 N–H and O–H groups in total. The van der Waals surface area contributed by atoms with Crippen LogP contribution in [0, 0.1) is 0 Å². The Labute approximate surface area is 104 Å². The first-order chi connectivity index (χ1) is 7.29. The second kappa shape index (κ2) is 6.12. The smallest absolute Gasteiger partial charge is 0.118 e. The van der Waals surface area contributed by atoms with Crippen molar-refractivity contribution in [3.63, 3.8) is 0 Å². The summed E-state index contributed by atoms with van der Waals surface area (Å²) in [5, 5.41) is 0. The van der Waals surface area contributed by atoms with Crippen molar-refractivity contribution < 1.29 is 4.74 Å². The highest BCUT2D eigenvalue weighted by Crippen LogP contribution is 2.28. The van der Waals surface area contributed by atoms with E-state index in [1.165, 1.54) is 31.5 Å². The Kier molecular flexibility index (Phi) is 5.10. The van der Waals surface area contributed by atoms with Crippen LogP contribution in [-0.4, -0.2) is 32.1 Å². The molecule has 2 rings (SSSR count). The summed E-state index contributed by atoms with van der Waals surface area (Å²) in [5.41, 5.74) is 1.46. The highest BCUT2D eigenvalue weighted by molar-refractivity contribution is 5.85. The van der Waals surface area contributed by atoms with E-state index in [9.17, 15) is 0 Å². The Morgan fingerprint density at radius 3 is 2.19 bits per heavy atom. The Hall–Kier alpha value is -0.730. The van der Waals surface area contributed by atoms with Gasteiger partial charge in [-0.15, -0.1) is 12.4 Å². The van der Waals surface area contributed by atoms with Crippen molar-refractivity contribution in [2.75, 3.05) is 27.2 Å². The molecule has 0 aromatic heterocycles. The molecule has 0 radical (unpaired) electrons. The van der Waals surface area contributed by atoms with Gasteiger partial charge in [0.2, 0.25) is 0 Å². The zero-order valence-corrected chi connectivity index (χ0v) is 10.8. The van der Waals surface area contributed by atoms with Crippen LogP contribution in [0.25, 0.3) is 0 Å². The third-order valence-corrected chi connectivity index (χ3v) is 3.31. The molecule has 1 aromatic rings. The van der Waals surface area contributed by atoms with Crippen molar-refractivity contribution in [1.29, 1.82) is 0 Å². The summed E-state index contributed by atoms with van der Waals surface area (Å²) >= 11 is 0. The minimum Gasteiger partial charge on any atom is -0.497 e. The summed E-state index contributed by atoms with van der Waals surface area (Å²) in [6.07, 6.45) is 2.56. The van der Waals surface area contributed by atoms with Crippen LogP contribution in [0.15, 0.2) is 24.3 Å². The van der Waals surface area contributed by atoms with Gasteiger partial charge < -0.3 is 9.64 Å². The molecular weight excluding hydrogens is 222 g/mol. The zero-order valence-electron chi connectivity index (χ0n) is 9.98. The Bertz CT molecular complexity index is 304. The van der Waals surface area contributed by atoms with E-state index in [1.54, 1.807) is 7.11 Å². The summed E-state index contributed by atoms with van der Waals surface area (Å²) in [5.74, 6) is 1.69. The van der Waals surface area contributed by atoms with Crippen LogP contribution in [0.4, 0.5) is 0 Å². The molecule has 0 saturated carbocycles. The van der Waals surface area contributed by atoms with Gasteiger partial charge in [0.25, 0.3) is 0 Å². The lowest BCUT2D eigenvalue weighted by molar-refractivity contribution is 0.255. The first kappa shape index (κ1) is 13.3. The minimum absolute atomic E-state index is 0. The largest absolute Gasteiger partial charge is 0.497 e. The third kappa shape index (κ3) is 3.13. The molecule has 0 spiro atoms. The average molecular weight is 242 g/mol. The second-order valence-electron chi connectivity index (χ2n) is 4.35. The van der Waals surface area contributed by atoms with E-state index < -0.39 is 0 Å². The normalized spacial score (nSPS) is 17.9. The van der Waals surface area contributed by atoms with Gasteiger partial charge in [0.15, 0.2) is 0 Å². The first-order valence-electron chi connectivity index (χ1n) is 5.62. The van der Waals surface area contributed by atoms with Gasteiger partial charge >= 0.3 is 0 Å². The van der Waals surface area contributed by atoms with Crippen molar-refractivity contribution in [3.8, 4) is 5.75 Å². The molecule has 1 heterocycles. The van der Waals surface area contributed by atoms with Crippen LogP contribution in [0.3, 0.4) is 0 Å². The molecular formula is C13H20ClNO. The van der Waals surface area contributed by atoms with Gasteiger partial charge in [-0.05, 0) is 56.6 Å². The van der Waals surface area contributed by atoms with E-state index >= 15 is 0 Å². The van der Waals surface area contributed by atoms with Crippen LogP contribution in [-0.2, 0) is 0 Å². The molecule has 1 saturated heterocycles. The molecule has 0 aliphatic carbocycles. The third-order valence-electron chi connectivity index (χ3n) is 3.31. The Balaban J connectivity index is 0.00000128. The van der Waals surface area contributed by atoms with Crippen molar-refractivity contribution in [3.05, 3.63) is 29.8 Å². The number of halogens is 1. The lowest BCUT2D eigenvalue weighted by Gasteiger charge is -2.29. The molecule has 0 atom stereocenters. The molecule has 1 aromatic carbocycles. The molecule has 0 amide bonds. The van der Waals surface area contributed by atoms with Crippen LogP contribution in [0.5, 0.6) is 5.75 Å².